The number of unbranched alkanes of at least 4 members (excludes halogenated alkanes) is 2. The van der Waals surface area contributed by atoms with E-state index in [2.05, 4.69) is 4.98 Å². The van der Waals surface area contributed by atoms with E-state index in [9.17, 15) is 32.7 Å². The van der Waals surface area contributed by atoms with E-state index in [-0.39, 0.29) is 41.0 Å². The van der Waals surface area contributed by atoms with Crippen LogP contribution in [0.2, 0.25) is 0 Å². The third-order valence-electron chi connectivity index (χ3n) is 6.09. The Morgan fingerprint density at radius 3 is 2.40 bits per heavy atom. The van der Waals surface area contributed by atoms with E-state index in [1.54, 1.807) is 0 Å². The van der Waals surface area contributed by atoms with Gasteiger partial charge in [0.2, 0.25) is 11.7 Å². The predicted octanol–water partition coefficient (Wildman–Crippen LogP) is 2.55. The minimum atomic E-state index is -4.57. The Kier molecular flexibility index (Phi) is 6.07. The van der Waals surface area contributed by atoms with Gasteiger partial charge in [-0.15, -0.1) is 0 Å². The summed E-state index contributed by atoms with van der Waals surface area (Å²) in [5.74, 6) is -0.628. The van der Waals surface area contributed by atoms with Gasteiger partial charge in [0.15, 0.2) is 11.2 Å². The zero-order valence-electron chi connectivity index (χ0n) is 19.4. The van der Waals surface area contributed by atoms with E-state index in [0.29, 0.717) is 6.42 Å². The van der Waals surface area contributed by atoms with Gasteiger partial charge >= 0.3 is 11.9 Å². The molecule has 4 rings (SSSR count). The van der Waals surface area contributed by atoms with Crippen molar-refractivity contribution >= 4 is 16.9 Å². The number of aromatic nitrogens is 5. The molecule has 0 aliphatic heterocycles. The number of fused-ring (bicyclic) bond motifs is 3. The highest BCUT2D eigenvalue weighted by molar-refractivity contribution is 5.76. The van der Waals surface area contributed by atoms with Crippen LogP contribution in [0.15, 0.2) is 38.6 Å². The average molecular weight is 491 g/mol. The van der Waals surface area contributed by atoms with Crippen LogP contribution in [0.4, 0.5) is 13.2 Å². The summed E-state index contributed by atoms with van der Waals surface area (Å²) >= 11 is 0. The van der Waals surface area contributed by atoms with Crippen LogP contribution in [0.1, 0.15) is 42.9 Å². The van der Waals surface area contributed by atoms with Gasteiger partial charge in [0, 0.05) is 14.1 Å². The standard InChI is InChI=1S/C23H24F3N5O4/c1-4-5-6-10-15-18(32)30(12-13-8-7-9-14(11-13)23(24,25)26)21-27-17-16(31(21)19(15)33)20(34)29(3)22(35)28(17)2/h7-9,11,33H,4-6,10,12H2,1-3H3. The number of rotatable bonds is 6. The maximum absolute atomic E-state index is 13.4. The second-order valence-electron chi connectivity index (χ2n) is 8.47. The molecule has 9 nitrogen and oxygen atoms in total. The molecule has 0 atom stereocenters. The van der Waals surface area contributed by atoms with Gasteiger partial charge in [0.1, 0.15) is 0 Å². The first-order valence-corrected chi connectivity index (χ1v) is 11.1. The van der Waals surface area contributed by atoms with E-state index >= 15 is 0 Å². The Hall–Kier alpha value is -3.83. The number of halogens is 3. The third-order valence-corrected chi connectivity index (χ3v) is 6.09. The lowest BCUT2D eigenvalue weighted by Crippen LogP contribution is -2.37. The lowest BCUT2D eigenvalue weighted by Gasteiger charge is -2.14. The molecule has 0 amide bonds. The molecule has 0 unspecified atom stereocenters. The summed E-state index contributed by atoms with van der Waals surface area (Å²) in [6.07, 6.45) is -2.15. The Morgan fingerprint density at radius 1 is 1.03 bits per heavy atom. The third kappa shape index (κ3) is 4.02. The van der Waals surface area contributed by atoms with Gasteiger partial charge in [0.25, 0.3) is 11.1 Å². The molecule has 3 aromatic heterocycles. The van der Waals surface area contributed by atoms with Crippen molar-refractivity contribution in [1.29, 1.82) is 0 Å². The molecule has 0 radical (unpaired) electrons. The highest BCUT2D eigenvalue weighted by Crippen LogP contribution is 2.30. The highest BCUT2D eigenvalue weighted by Gasteiger charge is 2.30. The molecule has 0 fully saturated rings. The minimum absolute atomic E-state index is 0.0214. The summed E-state index contributed by atoms with van der Waals surface area (Å²) in [5, 5.41) is 11.1. The van der Waals surface area contributed by atoms with Crippen molar-refractivity contribution in [2.24, 2.45) is 14.1 Å². The molecule has 0 spiro atoms. The number of aromatic hydroxyl groups is 1. The minimum Gasteiger partial charge on any atom is -0.494 e. The molecule has 1 aromatic carbocycles. The van der Waals surface area contributed by atoms with Crippen molar-refractivity contribution < 1.29 is 18.3 Å². The molecule has 3 heterocycles. The van der Waals surface area contributed by atoms with Gasteiger partial charge < -0.3 is 5.11 Å². The Balaban J connectivity index is 2.07. The molecule has 0 saturated heterocycles. The summed E-state index contributed by atoms with van der Waals surface area (Å²) in [5.41, 5.74) is -2.84. The van der Waals surface area contributed by atoms with Gasteiger partial charge in [-0.1, -0.05) is 31.9 Å². The van der Waals surface area contributed by atoms with Crippen molar-refractivity contribution in [2.45, 2.75) is 45.3 Å². The average Bonchev–Trinajstić information content (AvgIpc) is 3.22. The summed E-state index contributed by atoms with van der Waals surface area (Å²) in [4.78, 5) is 43.1. The van der Waals surface area contributed by atoms with Crippen LogP contribution >= 0.6 is 0 Å². The Bertz CT molecular complexity index is 1630. The van der Waals surface area contributed by atoms with Crippen molar-refractivity contribution in [3.63, 3.8) is 0 Å². The second kappa shape index (κ2) is 8.75. The van der Waals surface area contributed by atoms with Gasteiger partial charge in [-0.2, -0.15) is 18.2 Å². The molecule has 4 aromatic rings. The van der Waals surface area contributed by atoms with E-state index in [0.717, 1.165) is 43.1 Å². The van der Waals surface area contributed by atoms with Gasteiger partial charge in [-0.3, -0.25) is 23.3 Å². The molecule has 0 saturated carbocycles. The fourth-order valence-corrected chi connectivity index (χ4v) is 4.19. The predicted molar refractivity (Wildman–Crippen MR) is 123 cm³/mol. The summed E-state index contributed by atoms with van der Waals surface area (Å²) in [6, 6.07) is 4.55. The first kappa shape index (κ1) is 24.3. The molecule has 0 aliphatic carbocycles. The van der Waals surface area contributed by atoms with Gasteiger partial charge in [-0.05, 0) is 30.5 Å². The van der Waals surface area contributed by atoms with Crippen molar-refractivity contribution in [3.05, 3.63) is 72.1 Å². The Morgan fingerprint density at radius 2 is 1.74 bits per heavy atom. The Labute approximate surface area is 196 Å². The fraction of sp³-hybridized carbons (Fsp3) is 0.391. The molecular weight excluding hydrogens is 467 g/mol. The van der Waals surface area contributed by atoms with E-state index in [4.69, 9.17) is 0 Å². The number of hydrogen-bond donors (Lipinski definition) is 1. The van der Waals surface area contributed by atoms with E-state index < -0.39 is 34.4 Å². The van der Waals surface area contributed by atoms with Crippen LogP contribution in [-0.4, -0.2) is 28.2 Å². The van der Waals surface area contributed by atoms with Gasteiger partial charge in [0.05, 0.1) is 17.7 Å². The first-order valence-electron chi connectivity index (χ1n) is 11.1. The fourth-order valence-electron chi connectivity index (χ4n) is 4.19. The smallest absolute Gasteiger partial charge is 0.416 e. The number of aryl methyl sites for hydroxylation is 1. The monoisotopic (exact) mass is 491 g/mol. The van der Waals surface area contributed by atoms with Crippen molar-refractivity contribution in [3.8, 4) is 5.88 Å². The van der Waals surface area contributed by atoms with Crippen LogP contribution in [-0.2, 0) is 33.2 Å². The number of hydrogen-bond acceptors (Lipinski definition) is 5. The van der Waals surface area contributed by atoms with Crippen molar-refractivity contribution in [2.75, 3.05) is 0 Å². The second-order valence-corrected chi connectivity index (χ2v) is 8.47. The molecular formula is C23H24F3N5O4. The number of benzene rings is 1. The zero-order chi connectivity index (χ0) is 25.7. The van der Waals surface area contributed by atoms with Crippen LogP contribution in [0, 0.1) is 0 Å². The SMILES string of the molecule is CCCCCc1c(O)n2c3c(=O)n(C)c(=O)n(C)c3nc2n(Cc2cccc(C(F)(F)F)c2)c1=O. The molecule has 186 valence electrons. The molecule has 1 N–H and O–H groups in total. The lowest BCUT2D eigenvalue weighted by molar-refractivity contribution is -0.137. The maximum Gasteiger partial charge on any atom is 0.416 e. The molecule has 35 heavy (non-hydrogen) atoms. The van der Waals surface area contributed by atoms with Crippen molar-refractivity contribution in [1.82, 2.24) is 23.1 Å². The number of imidazole rings is 1. The largest absolute Gasteiger partial charge is 0.494 e. The lowest BCUT2D eigenvalue weighted by atomic mass is 10.1. The van der Waals surface area contributed by atoms with E-state index in [1.165, 1.54) is 26.2 Å². The zero-order valence-corrected chi connectivity index (χ0v) is 19.4. The number of nitrogens with zero attached hydrogens (tertiary/aromatic N) is 5. The van der Waals surface area contributed by atoms with Crippen LogP contribution < -0.4 is 16.8 Å². The number of alkyl halides is 3. The quantitative estimate of drug-likeness (QED) is 0.418. The molecule has 12 heteroatoms. The topological polar surface area (TPSA) is 104 Å². The first-order chi connectivity index (χ1) is 16.5. The summed E-state index contributed by atoms with van der Waals surface area (Å²) < 4.78 is 43.9. The summed E-state index contributed by atoms with van der Waals surface area (Å²) in [6.45, 7) is 1.69. The van der Waals surface area contributed by atoms with E-state index in [1.807, 2.05) is 6.92 Å². The molecule has 0 aliphatic rings. The molecule has 0 bridgehead atoms. The van der Waals surface area contributed by atoms with Crippen LogP contribution in [0.5, 0.6) is 5.88 Å². The highest BCUT2D eigenvalue weighted by atomic mass is 19.4. The summed E-state index contributed by atoms with van der Waals surface area (Å²) in [7, 11) is 2.67. The van der Waals surface area contributed by atoms with Gasteiger partial charge in [-0.25, -0.2) is 9.20 Å². The van der Waals surface area contributed by atoms with Crippen LogP contribution in [0.3, 0.4) is 0 Å². The normalized spacial score (nSPS) is 12.2. The van der Waals surface area contributed by atoms with Crippen LogP contribution in [0.25, 0.3) is 16.9 Å². The maximum atomic E-state index is 13.4.